The normalized spacial score (nSPS) is 14.6. The summed E-state index contributed by atoms with van der Waals surface area (Å²) in [5.74, 6) is 1.34. The Morgan fingerprint density at radius 1 is 1.17 bits per heavy atom. The van der Waals surface area contributed by atoms with Gasteiger partial charge < -0.3 is 9.80 Å². The van der Waals surface area contributed by atoms with Crippen molar-refractivity contribution in [2.45, 2.75) is 33.2 Å². The molecule has 0 aliphatic carbocycles. The highest BCUT2D eigenvalue weighted by molar-refractivity contribution is 5.92. The maximum absolute atomic E-state index is 12.9. The molecule has 29 heavy (non-hydrogen) atoms. The molecule has 1 saturated heterocycles. The Morgan fingerprint density at radius 3 is 2.72 bits per heavy atom. The standard InChI is InChI=1S/C19H24N8O2/c1-3-4-7-26-17(28)6-5-15(23-26)18(29)25-10-8-24(9-11-25)16-12-14(2)22-19-20-13-21-27(16)19/h5-6,12-13H,3-4,7-11H2,1-2H3. The zero-order valence-corrected chi connectivity index (χ0v) is 16.7. The number of aryl methyl sites for hydroxylation is 2. The third kappa shape index (κ3) is 3.82. The number of nitrogens with zero attached hydrogens (tertiary/aromatic N) is 8. The molecule has 152 valence electrons. The second-order valence-electron chi connectivity index (χ2n) is 7.14. The summed E-state index contributed by atoms with van der Waals surface area (Å²) < 4.78 is 3.10. The third-order valence-electron chi connectivity index (χ3n) is 5.06. The molecule has 1 aliphatic rings. The van der Waals surface area contributed by atoms with Crippen LogP contribution < -0.4 is 10.5 Å². The SMILES string of the molecule is CCCCn1nc(C(=O)N2CCN(c3cc(C)nc4ncnn34)CC2)ccc1=O. The zero-order chi connectivity index (χ0) is 20.4. The molecule has 0 bridgehead atoms. The number of carbonyl (C=O) groups excluding carboxylic acids is 1. The molecule has 0 radical (unpaired) electrons. The fourth-order valence-electron chi connectivity index (χ4n) is 3.47. The van der Waals surface area contributed by atoms with Crippen LogP contribution in [-0.2, 0) is 6.54 Å². The molecule has 0 unspecified atom stereocenters. The van der Waals surface area contributed by atoms with Gasteiger partial charge in [0.2, 0.25) is 0 Å². The molecule has 0 aromatic carbocycles. The van der Waals surface area contributed by atoms with E-state index in [0.717, 1.165) is 24.4 Å². The summed E-state index contributed by atoms with van der Waals surface area (Å²) in [6, 6.07) is 4.92. The second-order valence-corrected chi connectivity index (χ2v) is 7.14. The summed E-state index contributed by atoms with van der Waals surface area (Å²) >= 11 is 0. The van der Waals surface area contributed by atoms with Crippen LogP contribution in [0.1, 0.15) is 35.9 Å². The van der Waals surface area contributed by atoms with Gasteiger partial charge in [-0.05, 0) is 19.4 Å². The minimum absolute atomic E-state index is 0.147. The van der Waals surface area contributed by atoms with E-state index in [1.165, 1.54) is 23.1 Å². The van der Waals surface area contributed by atoms with E-state index < -0.39 is 0 Å². The van der Waals surface area contributed by atoms with Crippen molar-refractivity contribution in [3.8, 4) is 0 Å². The fourth-order valence-corrected chi connectivity index (χ4v) is 3.47. The number of aromatic nitrogens is 6. The summed E-state index contributed by atoms with van der Waals surface area (Å²) in [7, 11) is 0. The molecule has 3 aromatic heterocycles. The Bertz CT molecular complexity index is 1080. The van der Waals surface area contributed by atoms with Gasteiger partial charge in [0.05, 0.1) is 0 Å². The van der Waals surface area contributed by atoms with Gasteiger partial charge in [-0.15, -0.1) is 0 Å². The lowest BCUT2D eigenvalue weighted by Crippen LogP contribution is -2.49. The predicted molar refractivity (Wildman–Crippen MR) is 107 cm³/mol. The van der Waals surface area contributed by atoms with E-state index in [0.29, 0.717) is 44.2 Å². The van der Waals surface area contributed by atoms with Crippen LogP contribution >= 0.6 is 0 Å². The number of unbranched alkanes of at least 4 members (excludes halogenated alkanes) is 1. The summed E-state index contributed by atoms with van der Waals surface area (Å²) in [5.41, 5.74) is 1.01. The maximum atomic E-state index is 12.9. The van der Waals surface area contributed by atoms with Crippen molar-refractivity contribution in [1.82, 2.24) is 34.3 Å². The number of rotatable bonds is 5. The van der Waals surface area contributed by atoms with E-state index >= 15 is 0 Å². The highest BCUT2D eigenvalue weighted by Crippen LogP contribution is 2.18. The van der Waals surface area contributed by atoms with Gasteiger partial charge in [-0.1, -0.05) is 13.3 Å². The van der Waals surface area contributed by atoms with E-state index in [9.17, 15) is 9.59 Å². The first-order valence-corrected chi connectivity index (χ1v) is 9.86. The molecule has 10 nitrogen and oxygen atoms in total. The monoisotopic (exact) mass is 396 g/mol. The number of hydrogen-bond acceptors (Lipinski definition) is 7. The predicted octanol–water partition coefficient (Wildman–Crippen LogP) is 0.752. The number of hydrogen-bond donors (Lipinski definition) is 0. The van der Waals surface area contributed by atoms with Gasteiger partial charge in [-0.2, -0.15) is 19.7 Å². The highest BCUT2D eigenvalue weighted by atomic mass is 16.2. The minimum Gasteiger partial charge on any atom is -0.353 e. The topological polar surface area (TPSA) is 102 Å². The highest BCUT2D eigenvalue weighted by Gasteiger charge is 2.25. The van der Waals surface area contributed by atoms with Crippen LogP contribution in [0.2, 0.25) is 0 Å². The quantitative estimate of drug-likeness (QED) is 0.627. The first kappa shape index (κ1) is 19.0. The Morgan fingerprint density at radius 2 is 1.97 bits per heavy atom. The molecule has 10 heteroatoms. The van der Waals surface area contributed by atoms with Crippen molar-refractivity contribution in [3.63, 3.8) is 0 Å². The lowest BCUT2D eigenvalue weighted by molar-refractivity contribution is 0.0737. The zero-order valence-electron chi connectivity index (χ0n) is 16.7. The molecule has 1 aliphatic heterocycles. The number of carbonyl (C=O) groups is 1. The van der Waals surface area contributed by atoms with Crippen molar-refractivity contribution < 1.29 is 4.79 Å². The van der Waals surface area contributed by atoms with Gasteiger partial charge in [0, 0.05) is 50.6 Å². The van der Waals surface area contributed by atoms with Crippen molar-refractivity contribution in [2.75, 3.05) is 31.1 Å². The smallest absolute Gasteiger partial charge is 0.274 e. The molecule has 0 atom stereocenters. The van der Waals surface area contributed by atoms with Gasteiger partial charge in [0.15, 0.2) is 0 Å². The van der Waals surface area contributed by atoms with Crippen molar-refractivity contribution in [3.05, 3.63) is 46.3 Å². The molecular weight excluding hydrogens is 372 g/mol. The molecule has 4 heterocycles. The first-order chi connectivity index (χ1) is 14.1. The second kappa shape index (κ2) is 7.98. The van der Waals surface area contributed by atoms with Gasteiger partial charge in [0.1, 0.15) is 17.8 Å². The first-order valence-electron chi connectivity index (χ1n) is 9.86. The number of anilines is 1. The third-order valence-corrected chi connectivity index (χ3v) is 5.06. The molecule has 0 spiro atoms. The molecule has 3 aromatic rings. The van der Waals surface area contributed by atoms with Gasteiger partial charge >= 0.3 is 0 Å². The lowest BCUT2D eigenvalue weighted by atomic mass is 10.2. The van der Waals surface area contributed by atoms with Crippen LogP contribution in [0.25, 0.3) is 5.78 Å². The number of amides is 1. The lowest BCUT2D eigenvalue weighted by Gasteiger charge is -2.35. The number of fused-ring (bicyclic) bond motifs is 1. The molecule has 1 amide bonds. The van der Waals surface area contributed by atoms with Gasteiger partial charge in [-0.25, -0.2) is 9.67 Å². The van der Waals surface area contributed by atoms with Crippen LogP contribution in [0, 0.1) is 6.92 Å². The van der Waals surface area contributed by atoms with Crippen LogP contribution in [0.4, 0.5) is 5.82 Å². The largest absolute Gasteiger partial charge is 0.353 e. The van der Waals surface area contributed by atoms with E-state index in [4.69, 9.17) is 0 Å². The summed E-state index contributed by atoms with van der Waals surface area (Å²) in [6.07, 6.45) is 3.30. The molecular formula is C19H24N8O2. The van der Waals surface area contributed by atoms with Crippen molar-refractivity contribution in [2.24, 2.45) is 0 Å². The van der Waals surface area contributed by atoms with E-state index in [2.05, 4.69) is 32.0 Å². The maximum Gasteiger partial charge on any atom is 0.274 e. The van der Waals surface area contributed by atoms with Crippen LogP contribution in [0.15, 0.2) is 29.3 Å². The average Bonchev–Trinajstić information content (AvgIpc) is 3.20. The van der Waals surface area contributed by atoms with Crippen molar-refractivity contribution >= 4 is 17.5 Å². The Labute approximate surface area is 167 Å². The fraction of sp³-hybridized carbons (Fsp3) is 0.474. The minimum atomic E-state index is -0.176. The molecule has 4 rings (SSSR count). The molecule has 0 N–H and O–H groups in total. The average molecular weight is 396 g/mol. The van der Waals surface area contributed by atoms with E-state index in [-0.39, 0.29) is 11.5 Å². The Kier molecular flexibility index (Phi) is 5.24. The van der Waals surface area contributed by atoms with Crippen LogP contribution in [0.3, 0.4) is 0 Å². The van der Waals surface area contributed by atoms with Crippen LogP contribution in [-0.4, -0.2) is 66.3 Å². The molecule has 0 saturated carbocycles. The summed E-state index contributed by atoms with van der Waals surface area (Å²) in [4.78, 5) is 37.3. The summed E-state index contributed by atoms with van der Waals surface area (Å²) in [5, 5.41) is 8.53. The van der Waals surface area contributed by atoms with E-state index in [1.54, 1.807) is 9.42 Å². The Hall–Kier alpha value is -3.30. The van der Waals surface area contributed by atoms with Gasteiger partial charge in [-0.3, -0.25) is 9.59 Å². The molecule has 1 fully saturated rings. The summed E-state index contributed by atoms with van der Waals surface area (Å²) in [6.45, 7) is 6.96. The van der Waals surface area contributed by atoms with Gasteiger partial charge in [0.25, 0.3) is 17.2 Å². The van der Waals surface area contributed by atoms with E-state index in [1.807, 2.05) is 13.0 Å². The van der Waals surface area contributed by atoms with Crippen molar-refractivity contribution in [1.29, 1.82) is 0 Å². The Balaban J connectivity index is 1.47. The van der Waals surface area contributed by atoms with Crippen LogP contribution in [0.5, 0.6) is 0 Å². The number of piperazine rings is 1.